The van der Waals surface area contributed by atoms with E-state index in [2.05, 4.69) is 62.8 Å². The van der Waals surface area contributed by atoms with Crippen LogP contribution in [-0.4, -0.2) is 37.7 Å². The molecule has 0 spiro atoms. The van der Waals surface area contributed by atoms with Crippen molar-refractivity contribution in [3.8, 4) is 5.82 Å². The van der Waals surface area contributed by atoms with E-state index in [0.717, 1.165) is 22.5 Å². The van der Waals surface area contributed by atoms with E-state index in [4.69, 9.17) is 0 Å². The Balaban J connectivity index is 1.57. The molecule has 9 heteroatoms. The van der Waals surface area contributed by atoms with Gasteiger partial charge < -0.3 is 16.0 Å². The first-order valence-electron chi connectivity index (χ1n) is 10.9. The molecule has 4 rings (SSSR count). The van der Waals surface area contributed by atoms with Gasteiger partial charge in [-0.25, -0.2) is 9.97 Å². The van der Waals surface area contributed by atoms with Gasteiger partial charge in [0.2, 0.25) is 5.95 Å². The van der Waals surface area contributed by atoms with E-state index in [1.165, 1.54) is 12.7 Å². The minimum absolute atomic E-state index is 0.00470. The average molecular weight is 457 g/mol. The van der Waals surface area contributed by atoms with Gasteiger partial charge in [0.15, 0.2) is 5.82 Å². The van der Waals surface area contributed by atoms with Crippen LogP contribution >= 0.6 is 0 Å². The Morgan fingerprint density at radius 2 is 1.79 bits per heavy atom. The number of carbonyl (C=O) groups excluding carboxylic acids is 1. The molecule has 0 saturated carbocycles. The van der Waals surface area contributed by atoms with Gasteiger partial charge in [-0.3, -0.25) is 4.79 Å². The minimum Gasteiger partial charge on any atom is -0.373 e. The summed E-state index contributed by atoms with van der Waals surface area (Å²) in [5.41, 5.74) is 4.14. The van der Waals surface area contributed by atoms with Gasteiger partial charge in [-0.2, -0.15) is 14.8 Å². The summed E-state index contributed by atoms with van der Waals surface area (Å²) in [6.07, 6.45) is 2.90. The second-order valence-electron chi connectivity index (χ2n) is 8.95. The Morgan fingerprint density at radius 1 is 0.971 bits per heavy atom. The number of aryl methyl sites for hydroxylation is 1. The molecule has 0 atom stereocenters. The monoisotopic (exact) mass is 456 g/mol. The van der Waals surface area contributed by atoms with E-state index < -0.39 is 0 Å². The molecule has 0 saturated heterocycles. The number of carbonyl (C=O) groups is 1. The van der Waals surface area contributed by atoms with E-state index in [1.54, 1.807) is 29.9 Å². The first-order valence-corrected chi connectivity index (χ1v) is 10.9. The molecule has 174 valence electrons. The van der Waals surface area contributed by atoms with Crippen LogP contribution in [-0.2, 0) is 5.41 Å². The summed E-state index contributed by atoms with van der Waals surface area (Å²) in [7, 11) is 1.78. The van der Waals surface area contributed by atoms with Gasteiger partial charge in [-0.15, -0.1) is 0 Å². The molecular weight excluding hydrogens is 428 g/mol. The average Bonchev–Trinajstić information content (AvgIpc) is 3.28. The smallest absolute Gasteiger partial charge is 0.255 e. The predicted molar refractivity (Wildman–Crippen MR) is 134 cm³/mol. The SMILES string of the molecule is CNc1cc(-n2ncnc2Nc2cc(C(=O)Nc3cccc(C(C)(C)C)c3)ccc2C)ncn1. The molecule has 0 aliphatic carbocycles. The molecule has 3 N–H and O–H groups in total. The predicted octanol–water partition coefficient (Wildman–Crippen LogP) is 4.70. The molecule has 9 nitrogen and oxygen atoms in total. The van der Waals surface area contributed by atoms with E-state index in [-0.39, 0.29) is 11.3 Å². The van der Waals surface area contributed by atoms with Gasteiger partial charge in [0.05, 0.1) is 0 Å². The summed E-state index contributed by atoms with van der Waals surface area (Å²) in [4.78, 5) is 25.7. The molecule has 1 amide bonds. The molecule has 0 aliphatic rings. The van der Waals surface area contributed by atoms with Crippen LogP contribution in [0.25, 0.3) is 5.82 Å². The van der Waals surface area contributed by atoms with E-state index in [0.29, 0.717) is 23.1 Å². The van der Waals surface area contributed by atoms with Gasteiger partial charge in [0.25, 0.3) is 5.91 Å². The van der Waals surface area contributed by atoms with Crippen LogP contribution in [0.15, 0.2) is 61.2 Å². The second kappa shape index (κ2) is 9.30. The van der Waals surface area contributed by atoms with Gasteiger partial charge >= 0.3 is 0 Å². The van der Waals surface area contributed by atoms with Crippen molar-refractivity contribution in [2.45, 2.75) is 33.1 Å². The Kier molecular flexibility index (Phi) is 6.27. The lowest BCUT2D eigenvalue weighted by Gasteiger charge is -2.20. The molecular formula is C25H28N8O. The Morgan fingerprint density at radius 3 is 2.56 bits per heavy atom. The highest BCUT2D eigenvalue weighted by Crippen LogP contribution is 2.26. The summed E-state index contributed by atoms with van der Waals surface area (Å²) in [6, 6.07) is 15.2. The summed E-state index contributed by atoms with van der Waals surface area (Å²) in [5.74, 6) is 1.51. The zero-order valence-corrected chi connectivity index (χ0v) is 19.9. The maximum atomic E-state index is 13.0. The quantitative estimate of drug-likeness (QED) is 0.386. The third-order valence-electron chi connectivity index (χ3n) is 5.41. The lowest BCUT2D eigenvalue weighted by Crippen LogP contribution is -2.15. The number of rotatable bonds is 6. The zero-order chi connectivity index (χ0) is 24.3. The third-order valence-corrected chi connectivity index (χ3v) is 5.41. The standard InChI is InChI=1S/C25H28N8O/c1-16-9-10-17(23(34)31-19-8-6-7-18(12-19)25(2,3)4)11-20(16)32-24-29-15-30-33(24)22-13-21(26-5)27-14-28-22/h6-15H,1-5H3,(H,31,34)(H,26,27,28)(H,29,30,32). The number of aromatic nitrogens is 5. The first-order chi connectivity index (χ1) is 16.2. The fourth-order valence-electron chi connectivity index (χ4n) is 3.38. The van der Waals surface area contributed by atoms with Crippen LogP contribution < -0.4 is 16.0 Å². The van der Waals surface area contributed by atoms with E-state index in [9.17, 15) is 4.79 Å². The Labute approximate surface area is 198 Å². The van der Waals surface area contributed by atoms with Crippen molar-refractivity contribution in [2.24, 2.45) is 0 Å². The van der Waals surface area contributed by atoms with Gasteiger partial charge in [-0.1, -0.05) is 39.0 Å². The highest BCUT2D eigenvalue weighted by Gasteiger charge is 2.16. The largest absolute Gasteiger partial charge is 0.373 e. The number of hydrogen-bond donors (Lipinski definition) is 3. The molecule has 0 unspecified atom stereocenters. The molecule has 2 heterocycles. The number of amides is 1. The number of anilines is 4. The maximum absolute atomic E-state index is 13.0. The number of nitrogens with zero attached hydrogens (tertiary/aromatic N) is 5. The van der Waals surface area contributed by atoms with E-state index in [1.807, 2.05) is 31.2 Å². The zero-order valence-electron chi connectivity index (χ0n) is 19.9. The summed E-state index contributed by atoms with van der Waals surface area (Å²) >= 11 is 0. The van der Waals surface area contributed by atoms with Crippen LogP contribution in [0.3, 0.4) is 0 Å². The van der Waals surface area contributed by atoms with Crippen LogP contribution in [0.2, 0.25) is 0 Å². The molecule has 34 heavy (non-hydrogen) atoms. The summed E-state index contributed by atoms with van der Waals surface area (Å²) in [5, 5.41) is 13.5. The molecule has 4 aromatic rings. The highest BCUT2D eigenvalue weighted by atomic mass is 16.1. The van der Waals surface area contributed by atoms with Crippen LogP contribution in [0, 0.1) is 6.92 Å². The third kappa shape index (κ3) is 5.03. The molecule has 2 aromatic heterocycles. The molecule has 0 bridgehead atoms. The molecule has 0 fully saturated rings. The van der Waals surface area contributed by atoms with Crippen molar-refractivity contribution in [3.63, 3.8) is 0 Å². The maximum Gasteiger partial charge on any atom is 0.255 e. The van der Waals surface area contributed by atoms with Crippen molar-refractivity contribution >= 4 is 29.0 Å². The molecule has 0 aliphatic heterocycles. The van der Waals surface area contributed by atoms with Crippen molar-refractivity contribution in [2.75, 3.05) is 23.0 Å². The molecule has 0 radical (unpaired) electrons. The van der Waals surface area contributed by atoms with Gasteiger partial charge in [0.1, 0.15) is 18.5 Å². The fraction of sp³-hybridized carbons (Fsp3) is 0.240. The van der Waals surface area contributed by atoms with Crippen molar-refractivity contribution in [1.82, 2.24) is 24.7 Å². The molecule has 2 aromatic carbocycles. The van der Waals surface area contributed by atoms with Gasteiger partial charge in [-0.05, 0) is 47.7 Å². The first kappa shape index (κ1) is 22.9. The van der Waals surface area contributed by atoms with Crippen molar-refractivity contribution < 1.29 is 4.79 Å². The second-order valence-corrected chi connectivity index (χ2v) is 8.95. The number of hydrogen-bond acceptors (Lipinski definition) is 7. The normalized spacial score (nSPS) is 11.2. The minimum atomic E-state index is -0.190. The van der Waals surface area contributed by atoms with Crippen molar-refractivity contribution in [1.29, 1.82) is 0 Å². The number of benzene rings is 2. The van der Waals surface area contributed by atoms with Gasteiger partial charge in [0, 0.05) is 30.1 Å². The van der Waals surface area contributed by atoms with Crippen LogP contribution in [0.4, 0.5) is 23.1 Å². The highest BCUT2D eigenvalue weighted by molar-refractivity contribution is 6.05. The Bertz CT molecular complexity index is 1320. The van der Waals surface area contributed by atoms with Crippen LogP contribution in [0.5, 0.6) is 0 Å². The van der Waals surface area contributed by atoms with Crippen molar-refractivity contribution in [3.05, 3.63) is 77.9 Å². The fourth-order valence-corrected chi connectivity index (χ4v) is 3.38. The van der Waals surface area contributed by atoms with Crippen LogP contribution in [0.1, 0.15) is 42.3 Å². The summed E-state index contributed by atoms with van der Waals surface area (Å²) in [6.45, 7) is 8.39. The van der Waals surface area contributed by atoms with E-state index >= 15 is 0 Å². The topological polar surface area (TPSA) is 110 Å². The Hall–Kier alpha value is -4.27. The summed E-state index contributed by atoms with van der Waals surface area (Å²) < 4.78 is 1.58. The number of nitrogens with one attached hydrogen (secondary N) is 3. The lowest BCUT2D eigenvalue weighted by molar-refractivity contribution is 0.102. The lowest BCUT2D eigenvalue weighted by atomic mass is 9.87.